The average Bonchev–Trinajstić information content (AvgIpc) is 2.91. The van der Waals surface area contributed by atoms with Gasteiger partial charge in [-0.2, -0.15) is 0 Å². The Kier molecular flexibility index (Phi) is 7.47. The number of nitrogens with zero attached hydrogens (tertiary/aromatic N) is 4. The Hall–Kier alpha value is -3.81. The lowest BCUT2D eigenvalue weighted by Crippen LogP contribution is -2.49. The Morgan fingerprint density at radius 2 is 1.53 bits per heavy atom. The molecule has 1 fully saturated rings. The van der Waals surface area contributed by atoms with Crippen LogP contribution in [0.4, 0.5) is 5.82 Å². The van der Waals surface area contributed by atoms with Gasteiger partial charge in [0.1, 0.15) is 17.2 Å². The Balaban J connectivity index is 1.32. The number of methoxy groups -OCH3 is 3. The van der Waals surface area contributed by atoms with E-state index in [4.69, 9.17) is 14.2 Å². The third-order valence-corrected chi connectivity index (χ3v) is 6.08. The van der Waals surface area contributed by atoms with E-state index in [9.17, 15) is 4.79 Å². The highest BCUT2D eigenvalue weighted by atomic mass is 16.5. The Bertz CT molecular complexity index is 1090. The Morgan fingerprint density at radius 3 is 2.15 bits per heavy atom. The van der Waals surface area contributed by atoms with E-state index in [1.807, 2.05) is 59.5 Å². The van der Waals surface area contributed by atoms with E-state index >= 15 is 0 Å². The first-order valence-electron chi connectivity index (χ1n) is 11.3. The van der Waals surface area contributed by atoms with Crippen LogP contribution in [0.25, 0.3) is 11.3 Å². The van der Waals surface area contributed by atoms with Gasteiger partial charge in [0.2, 0.25) is 5.91 Å². The summed E-state index contributed by atoms with van der Waals surface area (Å²) in [5.74, 6) is 3.25. The number of anilines is 1. The van der Waals surface area contributed by atoms with Gasteiger partial charge < -0.3 is 24.0 Å². The van der Waals surface area contributed by atoms with Gasteiger partial charge in [0.05, 0.1) is 27.0 Å². The normalized spacial score (nSPS) is 13.5. The summed E-state index contributed by atoms with van der Waals surface area (Å²) in [5, 5.41) is 8.86. The lowest BCUT2D eigenvalue weighted by molar-refractivity contribution is -0.131. The van der Waals surface area contributed by atoms with Crippen molar-refractivity contribution in [1.29, 1.82) is 0 Å². The molecule has 0 unspecified atom stereocenters. The monoisotopic (exact) mass is 462 g/mol. The van der Waals surface area contributed by atoms with Crippen molar-refractivity contribution in [2.45, 2.75) is 12.8 Å². The van der Waals surface area contributed by atoms with Crippen molar-refractivity contribution in [3.63, 3.8) is 0 Å². The van der Waals surface area contributed by atoms with Crippen LogP contribution in [0.3, 0.4) is 0 Å². The van der Waals surface area contributed by atoms with Crippen molar-refractivity contribution >= 4 is 11.7 Å². The molecule has 1 aliphatic heterocycles. The van der Waals surface area contributed by atoms with Gasteiger partial charge in [-0.15, -0.1) is 10.2 Å². The zero-order valence-corrected chi connectivity index (χ0v) is 19.9. The number of carbonyl (C=O) groups excluding carboxylic acids is 1. The van der Waals surface area contributed by atoms with Gasteiger partial charge >= 0.3 is 0 Å². The van der Waals surface area contributed by atoms with Gasteiger partial charge in [-0.05, 0) is 54.4 Å². The lowest BCUT2D eigenvalue weighted by atomic mass is 10.1. The van der Waals surface area contributed by atoms with Crippen molar-refractivity contribution in [3.8, 4) is 28.5 Å². The van der Waals surface area contributed by atoms with Crippen LogP contribution in [-0.4, -0.2) is 68.5 Å². The number of aryl methyl sites for hydroxylation is 1. The average molecular weight is 463 g/mol. The number of rotatable bonds is 8. The summed E-state index contributed by atoms with van der Waals surface area (Å²) in [5.41, 5.74) is 2.68. The minimum absolute atomic E-state index is 0.182. The second kappa shape index (κ2) is 10.9. The molecule has 4 rings (SSSR count). The molecule has 0 saturated carbocycles. The summed E-state index contributed by atoms with van der Waals surface area (Å²) < 4.78 is 16.0. The van der Waals surface area contributed by atoms with Crippen molar-refractivity contribution in [2.75, 3.05) is 52.4 Å². The number of hydrogen-bond donors (Lipinski definition) is 0. The minimum Gasteiger partial charge on any atom is -0.497 e. The van der Waals surface area contributed by atoms with Gasteiger partial charge in [-0.1, -0.05) is 12.1 Å². The van der Waals surface area contributed by atoms with Crippen molar-refractivity contribution < 1.29 is 19.0 Å². The maximum Gasteiger partial charge on any atom is 0.223 e. The van der Waals surface area contributed by atoms with Crippen LogP contribution in [0.1, 0.15) is 12.0 Å². The molecule has 0 aliphatic carbocycles. The second-order valence-electron chi connectivity index (χ2n) is 8.06. The number of hydrogen-bond acceptors (Lipinski definition) is 7. The fourth-order valence-electron chi connectivity index (χ4n) is 4.04. The quantitative estimate of drug-likeness (QED) is 0.507. The molecule has 0 atom stereocenters. The molecule has 1 amide bonds. The minimum atomic E-state index is 0.182. The molecule has 8 heteroatoms. The number of carbonyl (C=O) groups is 1. The summed E-state index contributed by atoms with van der Waals surface area (Å²) in [6, 6.07) is 17.4. The van der Waals surface area contributed by atoms with Crippen LogP contribution in [0, 0.1) is 0 Å². The molecule has 1 aliphatic rings. The predicted octanol–water partition coefficient (Wildman–Crippen LogP) is 3.45. The molecule has 1 aromatic heterocycles. The van der Waals surface area contributed by atoms with Crippen molar-refractivity contribution in [3.05, 3.63) is 60.2 Å². The largest absolute Gasteiger partial charge is 0.497 e. The standard InChI is InChI=1S/C26H30N4O4/c1-32-20-7-4-19(5-8-20)6-13-26(31)30-16-14-29(15-17-30)25-12-10-23(27-28-25)22-18-21(33-2)9-11-24(22)34-3/h4-5,7-12,18H,6,13-17H2,1-3H3. The van der Waals surface area contributed by atoms with Crippen LogP contribution >= 0.6 is 0 Å². The highest BCUT2D eigenvalue weighted by molar-refractivity contribution is 5.77. The number of ether oxygens (including phenoxy) is 3. The van der Waals surface area contributed by atoms with E-state index in [0.29, 0.717) is 31.0 Å². The van der Waals surface area contributed by atoms with Crippen LogP contribution in [0.5, 0.6) is 17.2 Å². The third kappa shape index (κ3) is 5.39. The fraction of sp³-hybridized carbons (Fsp3) is 0.346. The zero-order chi connectivity index (χ0) is 23.9. The molecule has 34 heavy (non-hydrogen) atoms. The second-order valence-corrected chi connectivity index (χ2v) is 8.06. The van der Waals surface area contributed by atoms with Crippen molar-refractivity contribution in [1.82, 2.24) is 15.1 Å². The lowest BCUT2D eigenvalue weighted by Gasteiger charge is -2.35. The SMILES string of the molecule is COc1ccc(CCC(=O)N2CCN(c3ccc(-c4cc(OC)ccc4OC)nn3)CC2)cc1. The Labute approximate surface area is 200 Å². The smallest absolute Gasteiger partial charge is 0.223 e. The molecule has 0 spiro atoms. The Morgan fingerprint density at radius 1 is 0.824 bits per heavy atom. The molecule has 178 valence electrons. The molecule has 8 nitrogen and oxygen atoms in total. The molecule has 3 aromatic rings. The van der Waals surface area contributed by atoms with Crippen LogP contribution in [0.2, 0.25) is 0 Å². The molecule has 2 heterocycles. The maximum absolute atomic E-state index is 12.7. The highest BCUT2D eigenvalue weighted by Gasteiger charge is 2.22. The molecule has 0 radical (unpaired) electrons. The van der Waals surface area contributed by atoms with E-state index < -0.39 is 0 Å². The molecule has 0 bridgehead atoms. The first kappa shape index (κ1) is 23.4. The van der Waals surface area contributed by atoms with Crippen molar-refractivity contribution in [2.24, 2.45) is 0 Å². The van der Waals surface area contributed by atoms with E-state index in [-0.39, 0.29) is 5.91 Å². The van der Waals surface area contributed by atoms with E-state index in [1.165, 1.54) is 0 Å². The molecule has 0 N–H and O–H groups in total. The molecular formula is C26H30N4O4. The maximum atomic E-state index is 12.7. The third-order valence-electron chi connectivity index (χ3n) is 6.08. The molecular weight excluding hydrogens is 432 g/mol. The van der Waals surface area contributed by atoms with Gasteiger partial charge in [0.25, 0.3) is 0 Å². The van der Waals surface area contributed by atoms with Crippen LogP contribution in [-0.2, 0) is 11.2 Å². The molecule has 1 saturated heterocycles. The number of benzene rings is 2. The number of aromatic nitrogens is 2. The highest BCUT2D eigenvalue weighted by Crippen LogP contribution is 2.32. The van der Waals surface area contributed by atoms with Crippen LogP contribution < -0.4 is 19.1 Å². The number of amides is 1. The summed E-state index contributed by atoms with van der Waals surface area (Å²) >= 11 is 0. The van der Waals surface area contributed by atoms with Gasteiger partial charge in [0, 0.05) is 38.2 Å². The van der Waals surface area contributed by atoms with Gasteiger partial charge in [0.15, 0.2) is 5.82 Å². The van der Waals surface area contributed by atoms with E-state index in [2.05, 4.69) is 15.1 Å². The fourth-order valence-corrected chi connectivity index (χ4v) is 4.04. The van der Waals surface area contributed by atoms with Gasteiger partial charge in [-0.25, -0.2) is 0 Å². The van der Waals surface area contributed by atoms with Crippen LogP contribution in [0.15, 0.2) is 54.6 Å². The summed E-state index contributed by atoms with van der Waals surface area (Å²) in [6.45, 7) is 2.80. The first-order valence-corrected chi connectivity index (χ1v) is 11.3. The summed E-state index contributed by atoms with van der Waals surface area (Å²) in [7, 11) is 4.91. The van der Waals surface area contributed by atoms with E-state index in [0.717, 1.165) is 48.0 Å². The summed E-state index contributed by atoms with van der Waals surface area (Å²) in [4.78, 5) is 16.8. The predicted molar refractivity (Wildman–Crippen MR) is 131 cm³/mol. The van der Waals surface area contributed by atoms with E-state index in [1.54, 1.807) is 21.3 Å². The topological polar surface area (TPSA) is 77.0 Å². The first-order chi connectivity index (χ1) is 16.6. The van der Waals surface area contributed by atoms with Gasteiger partial charge in [-0.3, -0.25) is 4.79 Å². The summed E-state index contributed by atoms with van der Waals surface area (Å²) in [6.07, 6.45) is 1.23. The molecule has 2 aromatic carbocycles. The zero-order valence-electron chi connectivity index (χ0n) is 19.9. The number of piperazine rings is 1.